The number of methoxy groups -OCH3 is 3. The van der Waals surface area contributed by atoms with Crippen molar-refractivity contribution in [3.63, 3.8) is 0 Å². The van der Waals surface area contributed by atoms with Crippen molar-refractivity contribution in [2.45, 2.75) is 0 Å². The molecule has 2 aliphatic heterocycles. The fraction of sp³-hybridized carbons (Fsp3) is 0.396. The van der Waals surface area contributed by atoms with Gasteiger partial charge in [0.05, 0.1) is 99.1 Å². The number of nitrogen functional groups attached to an aromatic ring is 1. The minimum absolute atomic E-state index is 0.313. The van der Waals surface area contributed by atoms with E-state index in [-0.39, 0.29) is 0 Å². The Hall–Kier alpha value is -6.92. The Balaban J connectivity index is 1.10. The lowest BCUT2D eigenvalue weighted by atomic mass is 10.1. The van der Waals surface area contributed by atoms with Crippen LogP contribution in [0.1, 0.15) is 0 Å². The predicted molar refractivity (Wildman–Crippen MR) is 277 cm³/mol. The van der Waals surface area contributed by atoms with Crippen LogP contribution in [-0.4, -0.2) is 180 Å². The zero-order valence-corrected chi connectivity index (χ0v) is 41.8. The Kier molecular flexibility index (Phi) is 18.5. The number of ether oxygens (including phenoxy) is 12. The number of benzene rings is 4. The van der Waals surface area contributed by atoms with Crippen LogP contribution in [0.4, 0.5) is 5.69 Å². The third-order valence-electron chi connectivity index (χ3n) is 11.7. The molecule has 3 aromatic heterocycles. The zero-order chi connectivity index (χ0) is 50.9. The van der Waals surface area contributed by atoms with Gasteiger partial charge in [-0.05, 0) is 72.8 Å². The number of fused-ring (bicyclic) bond motifs is 20. The molecular weight excluding hydrogens is 955 g/mol. The van der Waals surface area contributed by atoms with E-state index in [1.54, 1.807) is 21.3 Å². The molecule has 9 rings (SSSR count). The monoisotopic (exact) mass is 1020 g/mol. The summed E-state index contributed by atoms with van der Waals surface area (Å²) in [4.78, 5) is 37.9. The summed E-state index contributed by atoms with van der Waals surface area (Å²) >= 11 is 0. The maximum atomic E-state index is 6.41. The molecule has 7 aromatic rings. The van der Waals surface area contributed by atoms with Crippen molar-refractivity contribution in [1.29, 1.82) is 0 Å². The quantitative estimate of drug-likeness (QED) is 0.0316. The average molecular weight is 1020 g/mol. The molecule has 0 atom stereocenters. The van der Waals surface area contributed by atoms with E-state index in [2.05, 4.69) is 9.97 Å². The Bertz CT molecular complexity index is 3150. The minimum Gasteiger partial charge on any atom is -0.491 e. The first-order valence-corrected chi connectivity index (χ1v) is 24.5. The van der Waals surface area contributed by atoms with Crippen molar-refractivity contribution in [3.05, 3.63) is 72.8 Å². The van der Waals surface area contributed by atoms with Gasteiger partial charge < -0.3 is 72.5 Å². The molecule has 4 N–H and O–H groups in total. The first-order chi connectivity index (χ1) is 36.5. The van der Waals surface area contributed by atoms with Gasteiger partial charge in [0, 0.05) is 70.8 Å². The van der Waals surface area contributed by atoms with Crippen LogP contribution in [0.2, 0.25) is 0 Å². The molecule has 8 bridgehead atoms. The zero-order valence-electron chi connectivity index (χ0n) is 41.8. The van der Waals surface area contributed by atoms with E-state index in [1.165, 1.54) is 0 Å². The molecule has 4 aromatic carbocycles. The van der Waals surface area contributed by atoms with Gasteiger partial charge in [0.15, 0.2) is 23.3 Å². The lowest BCUT2D eigenvalue weighted by Gasteiger charge is -2.09. The molecule has 0 spiro atoms. The molecule has 390 valence electrons. The van der Waals surface area contributed by atoms with Gasteiger partial charge >= 0.3 is 0 Å². The Labute approximate surface area is 426 Å². The Morgan fingerprint density at radius 2 is 0.649 bits per heavy atom. The summed E-state index contributed by atoms with van der Waals surface area (Å²) < 4.78 is 67.4. The van der Waals surface area contributed by atoms with Crippen LogP contribution in [-0.2, 0) is 42.6 Å². The normalized spacial score (nSPS) is 11.9. The van der Waals surface area contributed by atoms with Crippen molar-refractivity contribution in [2.75, 3.05) is 146 Å². The van der Waals surface area contributed by atoms with Gasteiger partial charge in [-0.2, -0.15) is 0 Å². The largest absolute Gasteiger partial charge is 0.491 e. The molecule has 0 saturated heterocycles. The maximum absolute atomic E-state index is 6.41. The number of hydrogen-bond donors (Lipinski definition) is 3. The lowest BCUT2D eigenvalue weighted by molar-refractivity contribution is 0.0180. The number of aromatic amines is 2. The van der Waals surface area contributed by atoms with E-state index in [1.807, 2.05) is 72.8 Å². The van der Waals surface area contributed by atoms with Crippen LogP contribution in [0.3, 0.4) is 0 Å². The molecule has 0 unspecified atom stereocenters. The average Bonchev–Trinajstić information content (AvgIpc) is 4.14. The number of hydrogen-bond acceptors (Lipinski definition) is 19. The standard InChI is InChI=1S/C53H61N9O12/c1-63-12-15-66-18-21-69-24-27-72-35-5-9-39-43(31-35)51-57-47(39)55-46-38-8-4-34(54)30-42(38)50(56-46)62-53-45-33-37(74-29-26-71-23-20-68-17-14-65-3)7-11-41(45)49(61-53)60-52-44-32-36(6-10-40(44)48(58-51)59-52)73-28-25-70-22-19-67-16-13-64-2/h4-11,30-33H,12-29,54H2,1-3H3,(H2,55,56,57,58,59,60,61,62). The van der Waals surface area contributed by atoms with Gasteiger partial charge in [0.1, 0.15) is 59.7 Å². The third-order valence-corrected chi connectivity index (χ3v) is 11.7. The summed E-state index contributed by atoms with van der Waals surface area (Å²) in [6.45, 7) is 7.86. The lowest BCUT2D eigenvalue weighted by Crippen LogP contribution is -2.12. The second-order valence-corrected chi connectivity index (χ2v) is 16.7. The molecule has 21 nitrogen and oxygen atoms in total. The molecule has 21 heteroatoms. The highest BCUT2D eigenvalue weighted by Crippen LogP contribution is 2.40. The molecule has 0 saturated carbocycles. The van der Waals surface area contributed by atoms with Crippen molar-refractivity contribution in [1.82, 2.24) is 39.9 Å². The van der Waals surface area contributed by atoms with Crippen LogP contribution in [0.5, 0.6) is 17.2 Å². The van der Waals surface area contributed by atoms with Crippen LogP contribution >= 0.6 is 0 Å². The number of nitrogens with two attached hydrogens (primary N) is 1. The highest BCUT2D eigenvalue weighted by molar-refractivity contribution is 6.07. The number of nitrogens with zero attached hydrogens (tertiary/aromatic N) is 6. The maximum Gasteiger partial charge on any atom is 0.164 e. The second-order valence-electron chi connectivity index (χ2n) is 16.7. The van der Waals surface area contributed by atoms with E-state index < -0.39 is 0 Å². The highest BCUT2D eigenvalue weighted by Gasteiger charge is 2.24. The summed E-state index contributed by atoms with van der Waals surface area (Å²) in [6.07, 6.45) is 0. The molecule has 0 fully saturated rings. The van der Waals surface area contributed by atoms with E-state index >= 15 is 0 Å². The van der Waals surface area contributed by atoms with Crippen LogP contribution in [0, 0.1) is 0 Å². The van der Waals surface area contributed by atoms with Gasteiger partial charge in [-0.3, -0.25) is 0 Å². The molecule has 5 heterocycles. The van der Waals surface area contributed by atoms with E-state index in [4.69, 9.17) is 92.5 Å². The predicted octanol–water partition coefficient (Wildman–Crippen LogP) is 6.63. The van der Waals surface area contributed by atoms with Crippen molar-refractivity contribution < 1.29 is 56.8 Å². The number of rotatable bonds is 30. The summed E-state index contributed by atoms with van der Waals surface area (Å²) in [5.41, 5.74) is 11.9. The molecule has 0 radical (unpaired) electrons. The topological polar surface area (TPSA) is 246 Å². The number of nitrogens with one attached hydrogen (secondary N) is 2. The SMILES string of the molecule is COCCOCCOCCOc1ccc2c(c1)-c1nc-2nc2[nH]c(nc3nc(nc4[nH]c(n1)c1ccc(OCCOCCOCCOC)cc41)-c1ccc(OCCOCCOCCOC)cc1-3)c1cc(N)ccc21. The second kappa shape index (κ2) is 26.3. The summed E-state index contributed by atoms with van der Waals surface area (Å²) in [6, 6.07) is 22.8. The third kappa shape index (κ3) is 13.2. The smallest absolute Gasteiger partial charge is 0.164 e. The van der Waals surface area contributed by atoms with Gasteiger partial charge in [0.25, 0.3) is 0 Å². The minimum atomic E-state index is 0.313. The Morgan fingerprint density at radius 3 is 1.07 bits per heavy atom. The number of anilines is 1. The highest BCUT2D eigenvalue weighted by atomic mass is 16.6. The molecule has 2 aliphatic rings. The van der Waals surface area contributed by atoms with Crippen LogP contribution in [0.25, 0.3) is 89.7 Å². The number of H-pyrrole nitrogens is 2. The van der Waals surface area contributed by atoms with Gasteiger partial charge in [-0.1, -0.05) is 0 Å². The fourth-order valence-corrected chi connectivity index (χ4v) is 8.07. The first kappa shape index (κ1) is 52.0. The van der Waals surface area contributed by atoms with E-state index in [0.29, 0.717) is 193 Å². The summed E-state index contributed by atoms with van der Waals surface area (Å²) in [5, 5.41) is 3.03. The molecular formula is C53H61N9O12. The Morgan fingerprint density at radius 1 is 0.324 bits per heavy atom. The van der Waals surface area contributed by atoms with E-state index in [9.17, 15) is 0 Å². The summed E-state index contributed by atoms with van der Waals surface area (Å²) in [5.74, 6) is 3.50. The molecule has 74 heavy (non-hydrogen) atoms. The van der Waals surface area contributed by atoms with Gasteiger partial charge in [-0.25, -0.2) is 29.9 Å². The van der Waals surface area contributed by atoms with E-state index in [0.717, 1.165) is 38.2 Å². The van der Waals surface area contributed by atoms with Gasteiger partial charge in [-0.15, -0.1) is 0 Å². The molecule has 0 amide bonds. The van der Waals surface area contributed by atoms with Crippen molar-refractivity contribution in [3.8, 4) is 62.8 Å². The summed E-state index contributed by atoms with van der Waals surface area (Å²) in [7, 11) is 4.92. The fourth-order valence-electron chi connectivity index (χ4n) is 8.07. The molecule has 0 aliphatic carbocycles. The van der Waals surface area contributed by atoms with Gasteiger partial charge in [0.2, 0.25) is 0 Å². The van der Waals surface area contributed by atoms with Crippen molar-refractivity contribution in [2.24, 2.45) is 0 Å². The first-order valence-electron chi connectivity index (χ1n) is 24.5. The number of aromatic nitrogens is 8. The van der Waals surface area contributed by atoms with Crippen molar-refractivity contribution >= 4 is 49.8 Å². The van der Waals surface area contributed by atoms with Crippen LogP contribution in [0.15, 0.2) is 72.8 Å². The van der Waals surface area contributed by atoms with Crippen LogP contribution < -0.4 is 19.9 Å².